The lowest BCUT2D eigenvalue weighted by Crippen LogP contribution is -1.99. The minimum Gasteiger partial charge on any atom is -0.294 e. The fourth-order valence-electron chi connectivity index (χ4n) is 2.72. The average molecular weight is 300 g/mol. The third kappa shape index (κ3) is 4.17. The molecule has 1 heteroatoms. The molecule has 3 aromatic rings. The first kappa shape index (κ1) is 15.2. The molecule has 0 unspecified atom stereocenters. The van der Waals surface area contributed by atoms with Crippen LogP contribution in [0.4, 0.5) is 0 Å². The Morgan fingerprint density at radius 3 is 1.87 bits per heavy atom. The van der Waals surface area contributed by atoms with Gasteiger partial charge in [-0.1, -0.05) is 84.9 Å². The average Bonchev–Trinajstić information content (AvgIpc) is 2.64. The largest absolute Gasteiger partial charge is 0.294 e. The summed E-state index contributed by atoms with van der Waals surface area (Å²) in [6, 6.07) is 28.5. The smallest absolute Gasteiger partial charge is 0.162 e. The highest BCUT2D eigenvalue weighted by atomic mass is 16.1. The van der Waals surface area contributed by atoms with Crippen molar-refractivity contribution < 1.29 is 4.79 Å². The quantitative estimate of drug-likeness (QED) is 0.545. The predicted molar refractivity (Wildman–Crippen MR) is 95.6 cm³/mol. The summed E-state index contributed by atoms with van der Waals surface area (Å²) >= 11 is 0. The maximum atomic E-state index is 12.1. The molecule has 0 amide bonds. The molecule has 0 spiro atoms. The Kier molecular flexibility index (Phi) is 5.00. The summed E-state index contributed by atoms with van der Waals surface area (Å²) in [6.07, 6.45) is 2.43. The van der Waals surface area contributed by atoms with E-state index >= 15 is 0 Å². The maximum Gasteiger partial charge on any atom is 0.162 e. The topological polar surface area (TPSA) is 17.1 Å². The van der Waals surface area contributed by atoms with Gasteiger partial charge in [-0.15, -0.1) is 0 Å². The Bertz CT molecular complexity index is 743. The van der Waals surface area contributed by atoms with Crippen LogP contribution in [-0.2, 0) is 6.42 Å². The van der Waals surface area contributed by atoms with E-state index in [1.54, 1.807) is 0 Å². The first-order valence-corrected chi connectivity index (χ1v) is 8.05. The lowest BCUT2D eigenvalue weighted by molar-refractivity contribution is 0.0980. The van der Waals surface area contributed by atoms with E-state index in [2.05, 4.69) is 48.5 Å². The van der Waals surface area contributed by atoms with Crippen LogP contribution in [0.5, 0.6) is 0 Å². The second-order valence-electron chi connectivity index (χ2n) is 5.71. The van der Waals surface area contributed by atoms with Crippen molar-refractivity contribution in [2.75, 3.05) is 0 Å². The van der Waals surface area contributed by atoms with E-state index in [0.717, 1.165) is 18.4 Å². The summed E-state index contributed by atoms with van der Waals surface area (Å²) < 4.78 is 0. The van der Waals surface area contributed by atoms with Crippen LogP contribution in [0.3, 0.4) is 0 Å². The van der Waals surface area contributed by atoms with Crippen molar-refractivity contribution in [3.8, 4) is 11.1 Å². The van der Waals surface area contributed by atoms with Crippen LogP contribution in [-0.4, -0.2) is 5.78 Å². The van der Waals surface area contributed by atoms with Gasteiger partial charge < -0.3 is 0 Å². The fourth-order valence-corrected chi connectivity index (χ4v) is 2.72. The van der Waals surface area contributed by atoms with Gasteiger partial charge in [0.2, 0.25) is 0 Å². The van der Waals surface area contributed by atoms with E-state index < -0.39 is 0 Å². The van der Waals surface area contributed by atoms with Gasteiger partial charge in [-0.2, -0.15) is 0 Å². The number of ketones is 1. The molecule has 1 nitrogen and oxygen atoms in total. The van der Waals surface area contributed by atoms with Crippen molar-refractivity contribution >= 4 is 5.78 Å². The van der Waals surface area contributed by atoms with Gasteiger partial charge in [-0.05, 0) is 29.5 Å². The van der Waals surface area contributed by atoms with Crippen LogP contribution >= 0.6 is 0 Å². The van der Waals surface area contributed by atoms with Gasteiger partial charge in [-0.3, -0.25) is 4.79 Å². The van der Waals surface area contributed by atoms with Crippen LogP contribution < -0.4 is 0 Å². The Labute approximate surface area is 137 Å². The number of hydrogen-bond acceptors (Lipinski definition) is 1. The van der Waals surface area contributed by atoms with Gasteiger partial charge in [0.05, 0.1) is 0 Å². The van der Waals surface area contributed by atoms with E-state index in [9.17, 15) is 4.79 Å². The highest BCUT2D eigenvalue weighted by molar-refractivity contribution is 5.95. The normalized spacial score (nSPS) is 10.4. The van der Waals surface area contributed by atoms with Crippen molar-refractivity contribution in [1.82, 2.24) is 0 Å². The van der Waals surface area contributed by atoms with Gasteiger partial charge in [0.1, 0.15) is 0 Å². The number of carbonyl (C=O) groups excluding carboxylic acids is 1. The van der Waals surface area contributed by atoms with Crippen LogP contribution in [0, 0.1) is 0 Å². The van der Waals surface area contributed by atoms with Crippen molar-refractivity contribution in [2.24, 2.45) is 0 Å². The van der Waals surface area contributed by atoms with E-state index in [4.69, 9.17) is 0 Å². The minimum atomic E-state index is 0.228. The molecule has 0 bridgehead atoms. The molecule has 0 saturated carbocycles. The molecule has 0 radical (unpaired) electrons. The van der Waals surface area contributed by atoms with Crippen molar-refractivity contribution in [3.05, 3.63) is 96.1 Å². The molecular weight excluding hydrogens is 280 g/mol. The van der Waals surface area contributed by atoms with E-state index in [-0.39, 0.29) is 5.78 Å². The Balaban J connectivity index is 1.54. The molecule has 0 heterocycles. The fraction of sp³-hybridized carbons (Fsp3) is 0.136. The zero-order chi connectivity index (χ0) is 15.9. The van der Waals surface area contributed by atoms with Crippen LogP contribution in [0.2, 0.25) is 0 Å². The molecule has 0 N–H and O–H groups in total. The van der Waals surface area contributed by atoms with Crippen LogP contribution in [0.15, 0.2) is 84.9 Å². The molecule has 3 rings (SSSR count). The minimum absolute atomic E-state index is 0.228. The Morgan fingerprint density at radius 1 is 0.652 bits per heavy atom. The zero-order valence-electron chi connectivity index (χ0n) is 13.1. The van der Waals surface area contributed by atoms with Gasteiger partial charge in [-0.25, -0.2) is 0 Å². The predicted octanol–water partition coefficient (Wildman–Crippen LogP) is 5.56. The maximum absolute atomic E-state index is 12.1. The van der Waals surface area contributed by atoms with E-state index in [0.29, 0.717) is 6.42 Å². The van der Waals surface area contributed by atoms with Crippen LogP contribution in [0.1, 0.15) is 28.8 Å². The van der Waals surface area contributed by atoms with Gasteiger partial charge >= 0.3 is 0 Å². The Morgan fingerprint density at radius 2 is 1.22 bits per heavy atom. The van der Waals surface area contributed by atoms with Gasteiger partial charge in [0.25, 0.3) is 0 Å². The summed E-state index contributed by atoms with van der Waals surface area (Å²) in [5.41, 5.74) is 4.56. The summed E-state index contributed by atoms with van der Waals surface area (Å²) in [7, 11) is 0. The van der Waals surface area contributed by atoms with Crippen molar-refractivity contribution in [2.45, 2.75) is 19.3 Å². The summed E-state index contributed by atoms with van der Waals surface area (Å²) in [4.78, 5) is 12.1. The molecule has 0 atom stereocenters. The lowest BCUT2D eigenvalue weighted by Gasteiger charge is -2.05. The summed E-state index contributed by atoms with van der Waals surface area (Å²) in [5, 5.41) is 0. The highest BCUT2D eigenvalue weighted by Crippen LogP contribution is 2.20. The molecule has 0 aromatic heterocycles. The summed E-state index contributed by atoms with van der Waals surface area (Å²) in [6.45, 7) is 0. The van der Waals surface area contributed by atoms with E-state index in [1.165, 1.54) is 16.7 Å². The molecular formula is C22H20O. The van der Waals surface area contributed by atoms with Gasteiger partial charge in [0.15, 0.2) is 5.78 Å². The number of rotatable bonds is 6. The molecule has 0 aliphatic rings. The summed E-state index contributed by atoms with van der Waals surface area (Å²) in [5.74, 6) is 0.228. The number of Topliss-reactive ketones (excluding diaryl/α,β-unsaturated/α-hetero) is 1. The zero-order valence-corrected chi connectivity index (χ0v) is 13.1. The number of carbonyl (C=O) groups is 1. The molecule has 0 saturated heterocycles. The molecule has 0 aliphatic carbocycles. The SMILES string of the molecule is O=C(CCCc1ccc(-c2ccccc2)cc1)c1ccccc1. The molecule has 23 heavy (non-hydrogen) atoms. The highest BCUT2D eigenvalue weighted by Gasteiger charge is 2.05. The number of aryl methyl sites for hydroxylation is 1. The molecule has 0 aliphatic heterocycles. The third-order valence-corrected chi connectivity index (χ3v) is 4.03. The second-order valence-corrected chi connectivity index (χ2v) is 5.71. The van der Waals surface area contributed by atoms with Crippen molar-refractivity contribution in [1.29, 1.82) is 0 Å². The third-order valence-electron chi connectivity index (χ3n) is 4.03. The molecule has 0 fully saturated rings. The Hall–Kier alpha value is -2.67. The van der Waals surface area contributed by atoms with E-state index in [1.807, 2.05) is 36.4 Å². The standard InChI is InChI=1S/C22H20O/c23-22(21-11-5-2-6-12-21)13-7-8-18-14-16-20(17-15-18)19-9-3-1-4-10-19/h1-6,9-12,14-17H,7-8,13H2. The molecule has 3 aromatic carbocycles. The monoisotopic (exact) mass is 300 g/mol. The first-order chi connectivity index (χ1) is 11.3. The van der Waals surface area contributed by atoms with Gasteiger partial charge in [0, 0.05) is 12.0 Å². The van der Waals surface area contributed by atoms with Crippen LogP contribution in [0.25, 0.3) is 11.1 Å². The van der Waals surface area contributed by atoms with Crippen molar-refractivity contribution in [3.63, 3.8) is 0 Å². The number of hydrogen-bond donors (Lipinski definition) is 0. The second kappa shape index (κ2) is 7.55. The lowest BCUT2D eigenvalue weighted by atomic mass is 10.00. The molecule has 114 valence electrons. The number of benzene rings is 3. The first-order valence-electron chi connectivity index (χ1n) is 8.05.